The highest BCUT2D eigenvalue weighted by Crippen LogP contribution is 2.23. The van der Waals surface area contributed by atoms with E-state index in [1.165, 1.54) is 5.56 Å². The quantitative estimate of drug-likeness (QED) is 0.744. The molecule has 0 aromatic carbocycles. The lowest BCUT2D eigenvalue weighted by molar-refractivity contribution is -0.118. The lowest BCUT2D eigenvalue weighted by atomic mass is 9.89. The van der Waals surface area contributed by atoms with Crippen molar-refractivity contribution in [1.82, 2.24) is 15.1 Å². The van der Waals surface area contributed by atoms with Crippen LogP contribution in [0.4, 0.5) is 0 Å². The number of nitrogens with two attached hydrogens (primary N) is 1. The average molecular weight is 252 g/mol. The number of hydrogen-bond donors (Lipinski definition) is 2. The molecular formula is C13H24N4O. The summed E-state index contributed by atoms with van der Waals surface area (Å²) in [5.41, 5.74) is 7.47. The first-order valence-electron chi connectivity index (χ1n) is 6.32. The number of amides is 1. The van der Waals surface area contributed by atoms with E-state index in [0.717, 1.165) is 25.2 Å². The van der Waals surface area contributed by atoms with Crippen LogP contribution in [0.25, 0.3) is 0 Å². The summed E-state index contributed by atoms with van der Waals surface area (Å²) in [5.74, 6) is -0.242. The minimum Gasteiger partial charge on any atom is -0.370 e. The van der Waals surface area contributed by atoms with Crippen molar-refractivity contribution in [2.24, 2.45) is 12.8 Å². The van der Waals surface area contributed by atoms with E-state index < -0.39 is 0 Å². The van der Waals surface area contributed by atoms with Crippen molar-refractivity contribution in [3.05, 3.63) is 17.5 Å². The highest BCUT2D eigenvalue weighted by molar-refractivity contribution is 5.73. The first-order valence-corrected chi connectivity index (χ1v) is 6.32. The van der Waals surface area contributed by atoms with E-state index in [9.17, 15) is 4.79 Å². The topological polar surface area (TPSA) is 72.9 Å². The van der Waals surface area contributed by atoms with E-state index in [1.807, 2.05) is 17.9 Å². The summed E-state index contributed by atoms with van der Waals surface area (Å²) >= 11 is 0. The highest BCUT2D eigenvalue weighted by atomic mass is 16.1. The normalized spacial score (nSPS) is 11.8. The second-order valence-electron chi connectivity index (χ2n) is 5.67. The van der Waals surface area contributed by atoms with Crippen molar-refractivity contribution in [3.63, 3.8) is 0 Å². The Hall–Kier alpha value is -1.36. The number of aryl methyl sites for hydroxylation is 1. The molecule has 0 radical (unpaired) electrons. The van der Waals surface area contributed by atoms with Crippen molar-refractivity contribution in [3.8, 4) is 0 Å². The summed E-state index contributed by atoms with van der Waals surface area (Å²) in [5, 5.41) is 7.83. The molecule has 5 heteroatoms. The van der Waals surface area contributed by atoms with Gasteiger partial charge in [0.25, 0.3) is 0 Å². The minimum absolute atomic E-state index is 0.0471. The van der Waals surface area contributed by atoms with Gasteiger partial charge in [-0.25, -0.2) is 0 Å². The number of nitrogens with one attached hydrogen (secondary N) is 1. The molecule has 1 aromatic heterocycles. The van der Waals surface area contributed by atoms with E-state index in [0.29, 0.717) is 6.42 Å². The summed E-state index contributed by atoms with van der Waals surface area (Å²) in [4.78, 5) is 10.6. The van der Waals surface area contributed by atoms with Crippen LogP contribution in [-0.2, 0) is 23.8 Å². The molecule has 3 N–H and O–H groups in total. The van der Waals surface area contributed by atoms with Gasteiger partial charge in [-0.2, -0.15) is 5.10 Å². The number of hydrogen-bond acceptors (Lipinski definition) is 3. The van der Waals surface area contributed by atoms with Crippen LogP contribution in [0.3, 0.4) is 0 Å². The summed E-state index contributed by atoms with van der Waals surface area (Å²) in [7, 11) is 1.94. The Balaban J connectivity index is 2.49. The summed E-state index contributed by atoms with van der Waals surface area (Å²) in [6.07, 6.45) is 3.26. The Morgan fingerprint density at radius 3 is 2.72 bits per heavy atom. The summed E-state index contributed by atoms with van der Waals surface area (Å²) < 4.78 is 1.85. The molecular weight excluding hydrogens is 228 g/mol. The van der Waals surface area contributed by atoms with E-state index in [1.54, 1.807) is 0 Å². The highest BCUT2D eigenvalue weighted by Gasteiger charge is 2.21. The van der Waals surface area contributed by atoms with Crippen molar-refractivity contribution in [2.75, 3.05) is 6.54 Å². The van der Waals surface area contributed by atoms with Crippen LogP contribution in [0.2, 0.25) is 0 Å². The number of aromatic nitrogens is 2. The number of nitrogens with zero attached hydrogens (tertiary/aromatic N) is 2. The first kappa shape index (κ1) is 14.7. The van der Waals surface area contributed by atoms with Gasteiger partial charge in [0, 0.05) is 37.2 Å². The van der Waals surface area contributed by atoms with Gasteiger partial charge >= 0.3 is 0 Å². The number of carbonyl (C=O) groups excluding carboxylic acids is 1. The fraction of sp³-hybridized carbons (Fsp3) is 0.692. The van der Waals surface area contributed by atoms with Crippen LogP contribution in [0.5, 0.6) is 0 Å². The predicted octanol–water partition coefficient (Wildman–Crippen LogP) is 1.07. The van der Waals surface area contributed by atoms with Crippen molar-refractivity contribution < 1.29 is 4.79 Å². The Kier molecular flexibility index (Phi) is 4.90. The van der Waals surface area contributed by atoms with Crippen LogP contribution in [0.1, 0.15) is 44.9 Å². The lowest BCUT2D eigenvalue weighted by Gasteiger charge is -2.17. The van der Waals surface area contributed by atoms with Crippen molar-refractivity contribution in [2.45, 2.75) is 45.6 Å². The van der Waals surface area contributed by atoms with Gasteiger partial charge in [-0.05, 0) is 13.0 Å². The van der Waals surface area contributed by atoms with Gasteiger partial charge in [0.05, 0.1) is 5.69 Å². The van der Waals surface area contributed by atoms with Gasteiger partial charge in [0.15, 0.2) is 0 Å². The molecule has 0 fully saturated rings. The van der Waals surface area contributed by atoms with Crippen LogP contribution in [-0.4, -0.2) is 22.2 Å². The van der Waals surface area contributed by atoms with Gasteiger partial charge in [-0.15, -0.1) is 0 Å². The zero-order valence-electron chi connectivity index (χ0n) is 11.8. The average Bonchev–Trinajstić information content (AvgIpc) is 2.58. The molecule has 0 saturated carbocycles. The van der Waals surface area contributed by atoms with Gasteiger partial charge in [0.2, 0.25) is 5.91 Å². The fourth-order valence-corrected chi connectivity index (χ4v) is 1.91. The molecule has 0 bridgehead atoms. The molecule has 5 nitrogen and oxygen atoms in total. The van der Waals surface area contributed by atoms with Crippen molar-refractivity contribution >= 4 is 5.91 Å². The molecule has 1 aromatic rings. The fourth-order valence-electron chi connectivity index (χ4n) is 1.91. The maximum Gasteiger partial charge on any atom is 0.217 e. The predicted molar refractivity (Wildman–Crippen MR) is 72.0 cm³/mol. The van der Waals surface area contributed by atoms with Crippen LogP contribution in [0.15, 0.2) is 6.20 Å². The monoisotopic (exact) mass is 252 g/mol. The van der Waals surface area contributed by atoms with Crippen LogP contribution < -0.4 is 11.1 Å². The second kappa shape index (κ2) is 6.00. The Morgan fingerprint density at radius 2 is 2.17 bits per heavy atom. The Morgan fingerprint density at radius 1 is 1.50 bits per heavy atom. The second-order valence-corrected chi connectivity index (χ2v) is 5.67. The molecule has 18 heavy (non-hydrogen) atoms. The molecule has 0 aliphatic rings. The minimum atomic E-state index is -0.242. The Labute approximate surface area is 109 Å². The largest absolute Gasteiger partial charge is 0.370 e. The van der Waals surface area contributed by atoms with Crippen molar-refractivity contribution in [1.29, 1.82) is 0 Å². The summed E-state index contributed by atoms with van der Waals surface area (Å²) in [6.45, 7) is 8.05. The van der Waals surface area contributed by atoms with E-state index in [4.69, 9.17) is 5.73 Å². The molecule has 0 atom stereocenters. The Bertz CT molecular complexity index is 404. The molecule has 102 valence electrons. The smallest absolute Gasteiger partial charge is 0.217 e. The van der Waals surface area contributed by atoms with Gasteiger partial charge in [0.1, 0.15) is 0 Å². The standard InChI is InChI=1S/C13H24N4O/c1-13(2,3)12-10(9-17(4)16-12)8-15-7-5-6-11(14)18/h9,15H,5-8H2,1-4H3,(H2,14,18). The molecule has 0 unspecified atom stereocenters. The van der Waals surface area contributed by atoms with Gasteiger partial charge in [-0.3, -0.25) is 9.48 Å². The van der Waals surface area contributed by atoms with E-state index in [2.05, 4.69) is 31.2 Å². The third-order valence-corrected chi connectivity index (χ3v) is 2.71. The van der Waals surface area contributed by atoms with Gasteiger partial charge < -0.3 is 11.1 Å². The number of carbonyl (C=O) groups is 1. The van der Waals surface area contributed by atoms with Gasteiger partial charge in [-0.1, -0.05) is 20.8 Å². The molecule has 0 spiro atoms. The maximum atomic E-state index is 10.6. The molecule has 0 aliphatic heterocycles. The maximum absolute atomic E-state index is 10.6. The number of primary amides is 1. The zero-order valence-corrected chi connectivity index (χ0v) is 11.8. The summed E-state index contributed by atoms with van der Waals surface area (Å²) in [6, 6.07) is 0. The molecule has 1 amide bonds. The van der Waals surface area contributed by atoms with Crippen LogP contribution >= 0.6 is 0 Å². The third kappa shape index (κ3) is 4.49. The molecule has 1 rings (SSSR count). The van der Waals surface area contributed by atoms with E-state index >= 15 is 0 Å². The first-order chi connectivity index (χ1) is 8.30. The third-order valence-electron chi connectivity index (χ3n) is 2.71. The number of rotatable bonds is 6. The lowest BCUT2D eigenvalue weighted by Crippen LogP contribution is -2.21. The molecule has 1 heterocycles. The SMILES string of the molecule is Cn1cc(CNCCCC(N)=O)c(C(C)(C)C)n1. The molecule has 0 saturated heterocycles. The van der Waals surface area contributed by atoms with E-state index in [-0.39, 0.29) is 11.3 Å². The van der Waals surface area contributed by atoms with Crippen LogP contribution in [0, 0.1) is 0 Å². The molecule has 0 aliphatic carbocycles. The zero-order chi connectivity index (χ0) is 13.8.